The fourth-order valence-corrected chi connectivity index (χ4v) is 4.13. The van der Waals surface area contributed by atoms with E-state index in [1.807, 2.05) is 32.6 Å². The summed E-state index contributed by atoms with van der Waals surface area (Å²) in [5.41, 5.74) is 5.36. The van der Waals surface area contributed by atoms with Gasteiger partial charge < -0.3 is 19.9 Å². The number of hydrogen-bond donors (Lipinski definition) is 1. The van der Waals surface area contributed by atoms with E-state index in [0.717, 1.165) is 25.3 Å². The Labute approximate surface area is 161 Å². The smallest absolute Gasteiger partial charge is 0.243 e. The topological polar surface area (TPSA) is 97.7 Å². The van der Waals surface area contributed by atoms with Crippen molar-refractivity contribution in [3.63, 3.8) is 0 Å². The Morgan fingerprint density at radius 2 is 2.00 bits per heavy atom. The Morgan fingerprint density at radius 3 is 2.52 bits per heavy atom. The summed E-state index contributed by atoms with van der Waals surface area (Å²) in [4.78, 5) is 21.7. The van der Waals surface area contributed by atoms with Gasteiger partial charge >= 0.3 is 0 Å². The van der Waals surface area contributed by atoms with Crippen LogP contribution >= 0.6 is 0 Å². The van der Waals surface area contributed by atoms with E-state index in [1.165, 1.54) is 0 Å². The molecule has 0 radical (unpaired) electrons. The van der Waals surface area contributed by atoms with E-state index in [1.54, 1.807) is 0 Å². The number of nitrogens with zero attached hydrogens (tertiary/aromatic N) is 4. The lowest BCUT2D eigenvalue weighted by atomic mass is 9.54. The molecule has 1 aliphatic carbocycles. The molecule has 0 bridgehead atoms. The van der Waals surface area contributed by atoms with Crippen LogP contribution in [0.4, 0.5) is 0 Å². The molecule has 1 aliphatic heterocycles. The van der Waals surface area contributed by atoms with E-state index in [4.69, 9.17) is 15.0 Å². The van der Waals surface area contributed by atoms with Crippen LogP contribution < -0.4 is 5.73 Å². The van der Waals surface area contributed by atoms with Crippen molar-refractivity contribution in [1.82, 2.24) is 19.9 Å². The van der Waals surface area contributed by atoms with Crippen LogP contribution in [-0.4, -0.2) is 70.3 Å². The summed E-state index contributed by atoms with van der Waals surface area (Å²) >= 11 is 0. The van der Waals surface area contributed by atoms with Crippen LogP contribution in [0.3, 0.4) is 0 Å². The maximum Gasteiger partial charge on any atom is 0.243 e. The maximum absolute atomic E-state index is 13.1. The molecule has 0 aromatic carbocycles. The number of aryl methyl sites for hydroxylation is 1. The van der Waals surface area contributed by atoms with Gasteiger partial charge in [0.2, 0.25) is 11.8 Å². The van der Waals surface area contributed by atoms with Crippen LogP contribution in [0.25, 0.3) is 0 Å². The molecule has 2 fully saturated rings. The summed E-state index contributed by atoms with van der Waals surface area (Å²) in [6.45, 7) is 13.6. The van der Waals surface area contributed by atoms with E-state index >= 15 is 0 Å². The van der Waals surface area contributed by atoms with Gasteiger partial charge in [-0.2, -0.15) is 4.98 Å². The predicted molar refractivity (Wildman–Crippen MR) is 101 cm³/mol. The predicted octanol–water partition coefficient (Wildman–Crippen LogP) is 1.37. The Hall–Kier alpha value is -1.51. The number of carbonyl (C=O) groups excluding carboxylic acids is 1. The van der Waals surface area contributed by atoms with E-state index in [-0.39, 0.29) is 23.5 Å². The third-order valence-electron chi connectivity index (χ3n) is 6.52. The largest absolute Gasteiger partial charge is 0.378 e. The van der Waals surface area contributed by atoms with Crippen molar-refractivity contribution in [2.45, 2.75) is 65.1 Å². The molecule has 1 aromatic rings. The van der Waals surface area contributed by atoms with Crippen molar-refractivity contribution in [3.05, 3.63) is 11.7 Å². The number of ether oxygens (including phenoxy) is 1. The highest BCUT2D eigenvalue weighted by Crippen LogP contribution is 2.50. The maximum atomic E-state index is 13.1. The summed E-state index contributed by atoms with van der Waals surface area (Å²) in [6, 6.07) is 0.0457. The van der Waals surface area contributed by atoms with Crippen LogP contribution in [0.1, 0.15) is 58.8 Å². The average molecular weight is 380 g/mol. The molecule has 0 spiro atoms. The van der Waals surface area contributed by atoms with Crippen LogP contribution in [0.2, 0.25) is 0 Å². The molecular formula is C19H33N5O3. The fourth-order valence-electron chi connectivity index (χ4n) is 4.13. The van der Waals surface area contributed by atoms with E-state index in [2.05, 4.69) is 22.0 Å². The van der Waals surface area contributed by atoms with Crippen LogP contribution in [0, 0.1) is 5.41 Å². The average Bonchev–Trinajstić information content (AvgIpc) is 3.16. The highest BCUT2D eigenvalue weighted by atomic mass is 16.5. The molecule has 3 rings (SSSR count). The first kappa shape index (κ1) is 20.2. The molecule has 2 heterocycles. The van der Waals surface area contributed by atoms with Crippen LogP contribution in [0.15, 0.2) is 4.52 Å². The number of hydrogen-bond acceptors (Lipinski definition) is 7. The second-order valence-electron chi connectivity index (χ2n) is 8.25. The first-order chi connectivity index (χ1) is 12.7. The number of aromatic nitrogens is 2. The second-order valence-corrected chi connectivity index (χ2v) is 8.25. The molecule has 2 aliphatic rings. The lowest BCUT2D eigenvalue weighted by Crippen LogP contribution is -2.76. The van der Waals surface area contributed by atoms with Crippen molar-refractivity contribution in [2.24, 2.45) is 11.1 Å². The molecule has 27 heavy (non-hydrogen) atoms. The SMILES string of the molecule is CCOC1CC(N)(C(=O)N2CCN(C(C)c3nc(CC)no3)CC2)C1(C)C. The fraction of sp³-hybridized carbons (Fsp3) is 0.842. The van der Waals surface area contributed by atoms with E-state index in [9.17, 15) is 4.79 Å². The zero-order valence-corrected chi connectivity index (χ0v) is 17.2. The molecule has 1 saturated heterocycles. The summed E-state index contributed by atoms with van der Waals surface area (Å²) in [7, 11) is 0. The van der Waals surface area contributed by atoms with Crippen LogP contribution in [0.5, 0.6) is 0 Å². The summed E-state index contributed by atoms with van der Waals surface area (Å²) in [5.74, 6) is 1.41. The van der Waals surface area contributed by atoms with Crippen molar-refractivity contribution < 1.29 is 14.1 Å². The molecular weight excluding hydrogens is 346 g/mol. The number of piperazine rings is 1. The highest BCUT2D eigenvalue weighted by molar-refractivity contribution is 5.89. The van der Waals surface area contributed by atoms with E-state index in [0.29, 0.717) is 32.0 Å². The molecule has 3 unspecified atom stereocenters. The number of amides is 1. The highest BCUT2D eigenvalue weighted by Gasteiger charge is 2.63. The van der Waals surface area contributed by atoms with Gasteiger partial charge in [-0.15, -0.1) is 0 Å². The van der Waals surface area contributed by atoms with Crippen molar-refractivity contribution in [2.75, 3.05) is 32.8 Å². The molecule has 152 valence electrons. The molecule has 1 amide bonds. The molecule has 1 saturated carbocycles. The van der Waals surface area contributed by atoms with Gasteiger partial charge in [0.1, 0.15) is 5.54 Å². The van der Waals surface area contributed by atoms with Gasteiger partial charge in [-0.25, -0.2) is 0 Å². The number of nitrogens with two attached hydrogens (primary N) is 1. The quantitative estimate of drug-likeness (QED) is 0.797. The van der Waals surface area contributed by atoms with Crippen molar-refractivity contribution in [1.29, 1.82) is 0 Å². The Morgan fingerprint density at radius 1 is 1.33 bits per heavy atom. The van der Waals surface area contributed by atoms with Gasteiger partial charge in [0.15, 0.2) is 5.82 Å². The molecule has 8 nitrogen and oxygen atoms in total. The van der Waals surface area contributed by atoms with Gasteiger partial charge in [0, 0.05) is 51.0 Å². The molecule has 3 atom stereocenters. The minimum Gasteiger partial charge on any atom is -0.378 e. The van der Waals surface area contributed by atoms with E-state index < -0.39 is 5.54 Å². The van der Waals surface area contributed by atoms with Gasteiger partial charge in [0.25, 0.3) is 0 Å². The number of rotatable bonds is 6. The standard InChI is InChI=1S/C19H33N5O3/c1-6-15-21-16(27-22-15)13(3)23-8-10-24(11-9-23)17(25)19(20)12-14(26-7-2)18(19,4)5/h13-14H,6-12,20H2,1-5H3. The first-order valence-electron chi connectivity index (χ1n) is 10.0. The molecule has 1 aromatic heterocycles. The lowest BCUT2D eigenvalue weighted by molar-refractivity contribution is -0.180. The third kappa shape index (κ3) is 3.39. The van der Waals surface area contributed by atoms with Gasteiger partial charge in [-0.05, 0) is 13.8 Å². The minimum atomic E-state index is -0.844. The Balaban J connectivity index is 1.58. The summed E-state index contributed by atoms with van der Waals surface area (Å²) < 4.78 is 11.1. The summed E-state index contributed by atoms with van der Waals surface area (Å²) in [5, 5.41) is 3.98. The van der Waals surface area contributed by atoms with Crippen LogP contribution in [-0.2, 0) is 16.0 Å². The number of carbonyl (C=O) groups is 1. The normalized spacial score (nSPS) is 29.4. The van der Waals surface area contributed by atoms with Gasteiger partial charge in [-0.1, -0.05) is 25.9 Å². The Kier molecular flexibility index (Phi) is 5.61. The lowest BCUT2D eigenvalue weighted by Gasteiger charge is -2.59. The monoisotopic (exact) mass is 379 g/mol. The van der Waals surface area contributed by atoms with Gasteiger partial charge in [0.05, 0.1) is 12.1 Å². The first-order valence-corrected chi connectivity index (χ1v) is 10.0. The van der Waals surface area contributed by atoms with Crippen molar-refractivity contribution >= 4 is 5.91 Å². The zero-order valence-electron chi connectivity index (χ0n) is 17.2. The second kappa shape index (κ2) is 7.48. The molecule has 8 heteroatoms. The minimum absolute atomic E-state index is 0.0433. The van der Waals surface area contributed by atoms with Crippen molar-refractivity contribution in [3.8, 4) is 0 Å². The Bertz CT molecular complexity index is 668. The third-order valence-corrected chi connectivity index (χ3v) is 6.52. The zero-order chi connectivity index (χ0) is 19.8. The van der Waals surface area contributed by atoms with Gasteiger partial charge in [-0.3, -0.25) is 9.69 Å². The summed E-state index contributed by atoms with van der Waals surface area (Å²) in [6.07, 6.45) is 1.39. The molecule has 2 N–H and O–H groups in total.